The molecule has 54 heavy (non-hydrogen) atoms. The number of thiazole rings is 1. The molecular weight excluding hydrogens is 679 g/mol. The zero-order valence-corrected chi connectivity index (χ0v) is 29.7. The van der Waals surface area contributed by atoms with E-state index in [0.717, 1.165) is 54.9 Å². The van der Waals surface area contributed by atoms with Crippen molar-refractivity contribution in [2.24, 2.45) is 0 Å². The lowest BCUT2D eigenvalue weighted by Crippen LogP contribution is -2.00. The minimum absolute atomic E-state index is 0.629. The molecule has 0 N–H and O–H groups in total. The Morgan fingerprint density at radius 3 is 1.80 bits per heavy atom. The van der Waals surface area contributed by atoms with E-state index in [9.17, 15) is 0 Å². The molecule has 8 aromatic carbocycles. The first kappa shape index (κ1) is 30.6. The van der Waals surface area contributed by atoms with E-state index in [1.165, 1.54) is 31.6 Å². The second-order valence-corrected chi connectivity index (χ2v) is 14.5. The van der Waals surface area contributed by atoms with E-state index in [4.69, 9.17) is 19.9 Å². The fraction of sp³-hybridized carbons (Fsp3) is 0. The molecule has 0 saturated carbocycles. The van der Waals surface area contributed by atoms with Crippen LogP contribution in [-0.2, 0) is 0 Å². The number of hydrogen-bond donors (Lipinski definition) is 0. The van der Waals surface area contributed by atoms with Crippen molar-refractivity contribution < 1.29 is 0 Å². The van der Waals surface area contributed by atoms with Gasteiger partial charge in [-0.2, -0.15) is 0 Å². The molecule has 3 heterocycles. The molecule has 0 saturated heterocycles. The second kappa shape index (κ2) is 12.3. The molecular formula is C48H29N5S. The number of para-hydroxylation sites is 2. The van der Waals surface area contributed by atoms with Crippen LogP contribution in [0.2, 0.25) is 0 Å². The summed E-state index contributed by atoms with van der Waals surface area (Å²) in [7, 11) is 0. The molecule has 0 bridgehead atoms. The highest BCUT2D eigenvalue weighted by Gasteiger charge is 2.17. The Morgan fingerprint density at radius 1 is 0.370 bits per heavy atom. The van der Waals surface area contributed by atoms with Gasteiger partial charge in [-0.15, -0.1) is 11.3 Å². The molecule has 6 heteroatoms. The third-order valence-electron chi connectivity index (χ3n) is 10.3. The van der Waals surface area contributed by atoms with Crippen LogP contribution in [0.1, 0.15) is 0 Å². The quantitative estimate of drug-likeness (QED) is 0.167. The molecule has 0 amide bonds. The molecule has 0 radical (unpaired) electrons. The van der Waals surface area contributed by atoms with Gasteiger partial charge >= 0.3 is 0 Å². The summed E-state index contributed by atoms with van der Waals surface area (Å²) in [6, 6.07) is 61.7. The third-order valence-corrected chi connectivity index (χ3v) is 11.4. The first-order valence-electron chi connectivity index (χ1n) is 18.0. The van der Waals surface area contributed by atoms with Crippen LogP contribution in [0.15, 0.2) is 176 Å². The Labute approximate surface area is 314 Å². The normalized spacial score (nSPS) is 11.7. The number of nitrogens with zero attached hydrogens (tertiary/aromatic N) is 5. The van der Waals surface area contributed by atoms with Crippen molar-refractivity contribution in [2.45, 2.75) is 0 Å². The third kappa shape index (κ3) is 5.07. The van der Waals surface area contributed by atoms with E-state index < -0.39 is 0 Å². The Hall–Kier alpha value is -7.02. The van der Waals surface area contributed by atoms with Crippen molar-refractivity contribution in [3.8, 4) is 50.4 Å². The van der Waals surface area contributed by atoms with Gasteiger partial charge in [0, 0.05) is 38.7 Å². The highest BCUT2D eigenvalue weighted by molar-refractivity contribution is 7.21. The Bertz CT molecular complexity index is 3180. The number of fused-ring (bicyclic) bond motifs is 7. The summed E-state index contributed by atoms with van der Waals surface area (Å²) < 4.78 is 3.54. The van der Waals surface area contributed by atoms with Crippen LogP contribution in [0.4, 0.5) is 0 Å². The molecule has 11 rings (SSSR count). The predicted molar refractivity (Wildman–Crippen MR) is 224 cm³/mol. The van der Waals surface area contributed by atoms with Crippen LogP contribution in [0.5, 0.6) is 0 Å². The van der Waals surface area contributed by atoms with Gasteiger partial charge in [0.2, 0.25) is 0 Å². The molecule has 0 aliphatic rings. The van der Waals surface area contributed by atoms with Gasteiger partial charge in [-0.05, 0) is 76.1 Å². The highest BCUT2D eigenvalue weighted by Crippen LogP contribution is 2.38. The van der Waals surface area contributed by atoms with Gasteiger partial charge in [-0.3, -0.25) is 0 Å². The van der Waals surface area contributed by atoms with Crippen molar-refractivity contribution in [1.29, 1.82) is 0 Å². The summed E-state index contributed by atoms with van der Waals surface area (Å²) in [5.41, 5.74) is 8.30. The fourth-order valence-corrected chi connectivity index (χ4v) is 8.60. The summed E-state index contributed by atoms with van der Waals surface area (Å²) in [5, 5.41) is 8.26. The molecule has 5 nitrogen and oxygen atoms in total. The molecule has 0 unspecified atom stereocenters. The minimum atomic E-state index is 0.629. The minimum Gasteiger partial charge on any atom is -0.309 e. The summed E-state index contributed by atoms with van der Waals surface area (Å²) in [5.74, 6) is 1.91. The SMILES string of the molecule is c1ccc(-c2nc(-c3ccc(-n4c5ccccc5c5ccc(-c6nc7ccccc7s6)cc54)cc3)nc(-c3ccc4c(ccc5ccccc54)c3)n2)cc1. The summed E-state index contributed by atoms with van der Waals surface area (Å²) >= 11 is 1.73. The van der Waals surface area contributed by atoms with Gasteiger partial charge in [0.25, 0.3) is 0 Å². The van der Waals surface area contributed by atoms with Gasteiger partial charge in [0.15, 0.2) is 17.5 Å². The first-order chi connectivity index (χ1) is 26.7. The van der Waals surface area contributed by atoms with Crippen LogP contribution in [-0.4, -0.2) is 24.5 Å². The second-order valence-electron chi connectivity index (χ2n) is 13.5. The average molecular weight is 708 g/mol. The van der Waals surface area contributed by atoms with E-state index >= 15 is 0 Å². The van der Waals surface area contributed by atoms with Gasteiger partial charge in [-0.25, -0.2) is 19.9 Å². The number of aromatic nitrogens is 5. The lowest BCUT2D eigenvalue weighted by molar-refractivity contribution is 1.07. The lowest BCUT2D eigenvalue weighted by Gasteiger charge is -2.11. The molecule has 0 atom stereocenters. The maximum Gasteiger partial charge on any atom is 0.164 e. The molecule has 3 aromatic heterocycles. The first-order valence-corrected chi connectivity index (χ1v) is 18.8. The summed E-state index contributed by atoms with van der Waals surface area (Å²) in [4.78, 5) is 20.1. The molecule has 0 spiro atoms. The number of benzene rings is 8. The fourth-order valence-electron chi connectivity index (χ4n) is 7.64. The molecule has 252 valence electrons. The zero-order chi connectivity index (χ0) is 35.6. The Balaban J connectivity index is 1.03. The lowest BCUT2D eigenvalue weighted by atomic mass is 10.00. The maximum atomic E-state index is 5.09. The zero-order valence-electron chi connectivity index (χ0n) is 28.9. The highest BCUT2D eigenvalue weighted by atomic mass is 32.1. The van der Waals surface area contributed by atoms with Crippen LogP contribution in [0, 0.1) is 0 Å². The summed E-state index contributed by atoms with van der Waals surface area (Å²) in [6.45, 7) is 0. The van der Waals surface area contributed by atoms with E-state index in [2.05, 4.69) is 144 Å². The monoisotopic (exact) mass is 707 g/mol. The maximum absolute atomic E-state index is 5.09. The van der Waals surface area contributed by atoms with Crippen molar-refractivity contribution in [3.63, 3.8) is 0 Å². The smallest absolute Gasteiger partial charge is 0.164 e. The van der Waals surface area contributed by atoms with Gasteiger partial charge in [0.1, 0.15) is 5.01 Å². The van der Waals surface area contributed by atoms with Gasteiger partial charge in [0.05, 0.1) is 21.3 Å². The summed E-state index contributed by atoms with van der Waals surface area (Å²) in [6.07, 6.45) is 0. The van der Waals surface area contributed by atoms with E-state index in [-0.39, 0.29) is 0 Å². The average Bonchev–Trinajstić information content (AvgIpc) is 3.83. The van der Waals surface area contributed by atoms with E-state index in [1.807, 2.05) is 36.4 Å². The van der Waals surface area contributed by atoms with Crippen LogP contribution < -0.4 is 0 Å². The number of rotatable bonds is 5. The van der Waals surface area contributed by atoms with E-state index in [1.54, 1.807) is 11.3 Å². The van der Waals surface area contributed by atoms with E-state index in [0.29, 0.717) is 17.5 Å². The number of hydrogen-bond acceptors (Lipinski definition) is 5. The van der Waals surface area contributed by atoms with Gasteiger partial charge in [-0.1, -0.05) is 121 Å². The topological polar surface area (TPSA) is 56.5 Å². The van der Waals surface area contributed by atoms with Crippen molar-refractivity contribution in [3.05, 3.63) is 176 Å². The van der Waals surface area contributed by atoms with Crippen molar-refractivity contribution in [2.75, 3.05) is 0 Å². The van der Waals surface area contributed by atoms with Crippen LogP contribution in [0.3, 0.4) is 0 Å². The largest absolute Gasteiger partial charge is 0.309 e. The molecule has 11 aromatic rings. The standard InChI is InChI=1S/C48H29N5S/c1-2-11-31(12-3-1)45-50-46(52-47(51-45)34-22-26-38-33(28-34)19-18-30-10-4-5-13-37(30)38)32-20-24-36(25-21-32)53-42-16-8-6-14-39(42)40-27-23-35(29-43(40)53)48-49-41-15-7-9-17-44(41)54-48/h1-29H. The van der Waals surface area contributed by atoms with Gasteiger partial charge < -0.3 is 4.57 Å². The van der Waals surface area contributed by atoms with Crippen LogP contribution >= 0.6 is 11.3 Å². The molecule has 0 aliphatic heterocycles. The Kier molecular flexibility index (Phi) is 6.97. The predicted octanol–water partition coefficient (Wildman–Crippen LogP) is 12.6. The van der Waals surface area contributed by atoms with Crippen molar-refractivity contribution >= 4 is 64.9 Å². The van der Waals surface area contributed by atoms with Crippen LogP contribution in [0.25, 0.3) is 104 Å². The van der Waals surface area contributed by atoms with Crippen molar-refractivity contribution in [1.82, 2.24) is 24.5 Å². The molecule has 0 fully saturated rings. The Morgan fingerprint density at radius 2 is 0.963 bits per heavy atom. The molecule has 0 aliphatic carbocycles.